The van der Waals surface area contributed by atoms with Gasteiger partial charge in [-0.05, 0) is 40.5 Å². The predicted molar refractivity (Wildman–Crippen MR) is 67.8 cm³/mol. The smallest absolute Gasteiger partial charge is 0.275 e. The molecular weight excluding hydrogens is 284 g/mol. The minimum Gasteiger partial charge on any atom is -0.305 e. The predicted octanol–water partition coefficient (Wildman–Crippen LogP) is 2.14. The Morgan fingerprint density at radius 2 is 2.29 bits per heavy atom. The van der Waals surface area contributed by atoms with E-state index in [1.807, 2.05) is 6.92 Å². The Bertz CT molecular complexity index is 564. The number of carbonyl (C=O) groups is 1. The molecule has 0 atom stereocenters. The molecule has 0 saturated carbocycles. The zero-order valence-electron chi connectivity index (χ0n) is 9.44. The third-order valence-electron chi connectivity index (χ3n) is 2.34. The number of hydrogen-bond donors (Lipinski definition) is 1. The van der Waals surface area contributed by atoms with E-state index >= 15 is 0 Å². The van der Waals surface area contributed by atoms with Crippen molar-refractivity contribution in [1.82, 2.24) is 14.8 Å². The molecule has 0 aromatic carbocycles. The number of aryl methyl sites for hydroxylation is 2. The zero-order valence-corrected chi connectivity index (χ0v) is 11.0. The largest absolute Gasteiger partial charge is 0.305 e. The first-order valence-corrected chi connectivity index (χ1v) is 5.78. The summed E-state index contributed by atoms with van der Waals surface area (Å²) in [6, 6.07) is 3.46. The average Bonchev–Trinajstić information content (AvgIpc) is 2.70. The fraction of sp³-hybridized carbons (Fsp3) is 0.182. The van der Waals surface area contributed by atoms with Crippen molar-refractivity contribution in [1.29, 1.82) is 0 Å². The van der Waals surface area contributed by atoms with Crippen LogP contribution < -0.4 is 5.32 Å². The highest BCUT2D eigenvalue weighted by Gasteiger charge is 2.10. The number of hydrogen-bond acceptors (Lipinski definition) is 3. The van der Waals surface area contributed by atoms with E-state index in [0.717, 1.165) is 10.0 Å². The van der Waals surface area contributed by atoms with Crippen LogP contribution in [0.2, 0.25) is 0 Å². The second-order valence-corrected chi connectivity index (χ2v) is 4.47. The number of pyridine rings is 1. The van der Waals surface area contributed by atoms with Crippen molar-refractivity contribution in [2.75, 3.05) is 5.32 Å². The topological polar surface area (TPSA) is 59.8 Å². The molecule has 0 aliphatic carbocycles. The molecule has 17 heavy (non-hydrogen) atoms. The van der Waals surface area contributed by atoms with Crippen molar-refractivity contribution in [3.05, 3.63) is 40.3 Å². The van der Waals surface area contributed by atoms with Gasteiger partial charge in [0.2, 0.25) is 0 Å². The SMILES string of the molecule is Cc1cc(NC(=O)c2ccnn2C)ncc1Br. The number of aromatic nitrogens is 3. The number of nitrogens with one attached hydrogen (secondary N) is 1. The maximum atomic E-state index is 11.9. The van der Waals surface area contributed by atoms with Gasteiger partial charge in [0.1, 0.15) is 11.5 Å². The van der Waals surface area contributed by atoms with Gasteiger partial charge in [-0.15, -0.1) is 0 Å². The van der Waals surface area contributed by atoms with Crippen molar-refractivity contribution in [2.24, 2.45) is 7.05 Å². The summed E-state index contributed by atoms with van der Waals surface area (Å²) < 4.78 is 2.43. The van der Waals surface area contributed by atoms with E-state index in [1.165, 1.54) is 4.68 Å². The molecule has 0 fully saturated rings. The van der Waals surface area contributed by atoms with Crippen LogP contribution in [0.25, 0.3) is 0 Å². The third-order valence-corrected chi connectivity index (χ3v) is 3.17. The lowest BCUT2D eigenvalue weighted by Crippen LogP contribution is -2.16. The van der Waals surface area contributed by atoms with Crippen LogP contribution in [0.15, 0.2) is 29.0 Å². The zero-order chi connectivity index (χ0) is 12.4. The van der Waals surface area contributed by atoms with Gasteiger partial charge in [0, 0.05) is 23.9 Å². The van der Waals surface area contributed by atoms with Crippen LogP contribution in [0.3, 0.4) is 0 Å². The highest BCUT2D eigenvalue weighted by molar-refractivity contribution is 9.10. The summed E-state index contributed by atoms with van der Waals surface area (Å²) in [5.41, 5.74) is 1.51. The summed E-state index contributed by atoms with van der Waals surface area (Å²) in [6.07, 6.45) is 3.24. The van der Waals surface area contributed by atoms with Crippen molar-refractivity contribution < 1.29 is 4.79 Å². The molecule has 6 heteroatoms. The van der Waals surface area contributed by atoms with Gasteiger partial charge in [0.05, 0.1) is 0 Å². The number of carbonyl (C=O) groups excluding carboxylic acids is 1. The average molecular weight is 295 g/mol. The van der Waals surface area contributed by atoms with Crippen LogP contribution in [0.5, 0.6) is 0 Å². The molecule has 2 aromatic heterocycles. The summed E-state index contributed by atoms with van der Waals surface area (Å²) in [5.74, 6) is 0.302. The van der Waals surface area contributed by atoms with Gasteiger partial charge in [0.25, 0.3) is 5.91 Å². The lowest BCUT2D eigenvalue weighted by atomic mass is 10.3. The fourth-order valence-electron chi connectivity index (χ4n) is 1.38. The Labute approximate surface area is 107 Å². The Morgan fingerprint density at radius 1 is 1.53 bits per heavy atom. The normalized spacial score (nSPS) is 10.3. The highest BCUT2D eigenvalue weighted by atomic mass is 79.9. The number of nitrogens with zero attached hydrogens (tertiary/aromatic N) is 3. The molecule has 1 N–H and O–H groups in total. The highest BCUT2D eigenvalue weighted by Crippen LogP contribution is 2.17. The monoisotopic (exact) mass is 294 g/mol. The van der Waals surface area contributed by atoms with Gasteiger partial charge in [-0.25, -0.2) is 4.98 Å². The maximum absolute atomic E-state index is 11.9. The molecule has 1 amide bonds. The van der Waals surface area contributed by atoms with E-state index in [2.05, 4.69) is 31.3 Å². The number of amides is 1. The molecule has 2 aromatic rings. The summed E-state index contributed by atoms with van der Waals surface area (Å²) in [7, 11) is 1.72. The maximum Gasteiger partial charge on any atom is 0.275 e. The third kappa shape index (κ3) is 2.52. The van der Waals surface area contributed by atoms with Gasteiger partial charge >= 0.3 is 0 Å². The fourth-order valence-corrected chi connectivity index (χ4v) is 1.60. The Balaban J connectivity index is 2.19. The van der Waals surface area contributed by atoms with E-state index in [1.54, 1.807) is 31.6 Å². The molecule has 0 bridgehead atoms. The lowest BCUT2D eigenvalue weighted by molar-refractivity contribution is 0.101. The second kappa shape index (κ2) is 4.67. The van der Waals surface area contributed by atoms with Gasteiger partial charge in [-0.3, -0.25) is 9.48 Å². The van der Waals surface area contributed by atoms with Crippen LogP contribution in [0.1, 0.15) is 16.1 Å². The van der Waals surface area contributed by atoms with Crippen molar-refractivity contribution in [3.8, 4) is 0 Å². The number of halogens is 1. The molecule has 0 saturated heterocycles. The molecule has 2 heterocycles. The van der Waals surface area contributed by atoms with Crippen molar-refractivity contribution in [2.45, 2.75) is 6.92 Å². The van der Waals surface area contributed by atoms with Crippen LogP contribution in [-0.2, 0) is 7.05 Å². The molecule has 0 spiro atoms. The van der Waals surface area contributed by atoms with Gasteiger partial charge < -0.3 is 5.32 Å². The van der Waals surface area contributed by atoms with Crippen LogP contribution in [-0.4, -0.2) is 20.7 Å². The molecule has 0 aliphatic rings. The molecule has 2 rings (SSSR count). The van der Waals surface area contributed by atoms with Crippen molar-refractivity contribution >= 4 is 27.7 Å². The molecule has 5 nitrogen and oxygen atoms in total. The lowest BCUT2D eigenvalue weighted by Gasteiger charge is -2.06. The molecule has 0 radical (unpaired) electrons. The number of anilines is 1. The van der Waals surface area contributed by atoms with Crippen LogP contribution in [0, 0.1) is 6.92 Å². The second-order valence-electron chi connectivity index (χ2n) is 3.61. The van der Waals surface area contributed by atoms with E-state index in [9.17, 15) is 4.79 Å². The molecular formula is C11H11BrN4O. The minimum atomic E-state index is -0.223. The number of rotatable bonds is 2. The molecule has 88 valence electrons. The van der Waals surface area contributed by atoms with E-state index in [4.69, 9.17) is 0 Å². The Kier molecular flexibility index (Phi) is 3.23. The Hall–Kier alpha value is -1.69. The summed E-state index contributed by atoms with van der Waals surface area (Å²) in [5, 5.41) is 6.66. The summed E-state index contributed by atoms with van der Waals surface area (Å²) >= 11 is 3.36. The first kappa shape index (κ1) is 11.8. The first-order valence-electron chi connectivity index (χ1n) is 4.99. The standard InChI is InChI=1S/C11H11BrN4O/c1-7-5-10(13-6-8(7)12)15-11(17)9-3-4-14-16(9)2/h3-6H,1-2H3,(H,13,15,17). The first-order chi connectivity index (χ1) is 8.08. The van der Waals surface area contributed by atoms with Gasteiger partial charge in [-0.1, -0.05) is 0 Å². The van der Waals surface area contributed by atoms with Crippen LogP contribution in [0.4, 0.5) is 5.82 Å². The van der Waals surface area contributed by atoms with E-state index in [0.29, 0.717) is 11.5 Å². The van der Waals surface area contributed by atoms with Gasteiger partial charge in [-0.2, -0.15) is 5.10 Å². The summed E-state index contributed by atoms with van der Waals surface area (Å²) in [4.78, 5) is 16.0. The minimum absolute atomic E-state index is 0.223. The Morgan fingerprint density at radius 3 is 2.88 bits per heavy atom. The molecule has 0 unspecified atom stereocenters. The summed E-state index contributed by atoms with van der Waals surface area (Å²) in [6.45, 7) is 1.94. The quantitative estimate of drug-likeness (QED) is 0.923. The van der Waals surface area contributed by atoms with Crippen LogP contribution >= 0.6 is 15.9 Å². The van der Waals surface area contributed by atoms with E-state index in [-0.39, 0.29) is 5.91 Å². The van der Waals surface area contributed by atoms with E-state index < -0.39 is 0 Å². The van der Waals surface area contributed by atoms with Crippen molar-refractivity contribution in [3.63, 3.8) is 0 Å². The van der Waals surface area contributed by atoms with Gasteiger partial charge in [0.15, 0.2) is 0 Å². The molecule has 0 aliphatic heterocycles.